The van der Waals surface area contributed by atoms with Crippen LogP contribution in [0.2, 0.25) is 0 Å². The summed E-state index contributed by atoms with van der Waals surface area (Å²) in [4.78, 5) is 4.21. The Hall–Kier alpha value is 4.46. The van der Waals surface area contributed by atoms with Gasteiger partial charge in [-0.15, -0.1) is 11.3 Å². The average Bonchev–Trinajstić information content (AvgIpc) is 3.07. The second-order valence-electron chi connectivity index (χ2n) is 6.38. The van der Waals surface area contributed by atoms with Crippen LogP contribution in [0.1, 0.15) is 27.2 Å². The van der Waals surface area contributed by atoms with Crippen molar-refractivity contribution in [3.63, 3.8) is 0 Å². The molecule has 1 aromatic carbocycles. The average molecular weight is 814 g/mol. The Morgan fingerprint density at radius 1 is 1.14 bits per heavy atom. The molecule has 1 aliphatic heterocycles. The summed E-state index contributed by atoms with van der Waals surface area (Å²) in [5.41, 5.74) is 8.97. The van der Waals surface area contributed by atoms with Crippen molar-refractivity contribution in [1.29, 1.82) is 0 Å². The maximum absolute atomic E-state index is 12.7. The standard InChI is InChI=1S/C16H21N2O4S2.5Y/c1-4-12-14(22-16(2,3)21-12)10(17)9-24(19,20)15-18-11-7-5-6-8-13(11)23-15;;;;;/h5-8,10,12,14,17H,4,9H2,1-3H3;;;;;/q-1;;;;;/t10-,12+,14-;;;;;/m0...../s1. The minimum absolute atomic E-state index is 0. The quantitative estimate of drug-likeness (QED) is 0.463. The summed E-state index contributed by atoms with van der Waals surface area (Å²) in [7, 11) is -3.64. The number of thiazole rings is 1. The third-order valence-corrected chi connectivity index (χ3v) is 7.22. The van der Waals surface area contributed by atoms with E-state index in [1.165, 1.54) is 0 Å². The van der Waals surface area contributed by atoms with E-state index in [0.29, 0.717) is 11.9 Å². The first-order valence-corrected chi connectivity index (χ1v) is 10.3. The Balaban J connectivity index is -0.00000135. The molecule has 3 rings (SSSR count). The number of fused-ring (bicyclic) bond motifs is 1. The molecule has 29 heavy (non-hydrogen) atoms. The van der Waals surface area contributed by atoms with E-state index in [-0.39, 0.29) is 180 Å². The fourth-order valence-electron chi connectivity index (χ4n) is 2.91. The second kappa shape index (κ2) is 16.3. The molecule has 1 aliphatic rings. The van der Waals surface area contributed by atoms with Crippen molar-refractivity contribution in [2.45, 2.75) is 55.6 Å². The summed E-state index contributed by atoms with van der Waals surface area (Å²) in [6.07, 6.45) is -0.160. The zero-order chi connectivity index (χ0) is 17.5. The first kappa shape index (κ1) is 38.0. The third-order valence-electron chi connectivity index (χ3n) is 3.96. The molecule has 1 aromatic heterocycles. The summed E-state index contributed by atoms with van der Waals surface area (Å²) >= 11 is 1.14. The van der Waals surface area contributed by atoms with Crippen LogP contribution in [0.5, 0.6) is 0 Å². The van der Waals surface area contributed by atoms with Crippen LogP contribution in [0.15, 0.2) is 28.6 Å². The third kappa shape index (κ3) is 10.2. The van der Waals surface area contributed by atoms with Crippen molar-refractivity contribution in [1.82, 2.24) is 4.98 Å². The summed E-state index contributed by atoms with van der Waals surface area (Å²) in [5.74, 6) is -1.11. The van der Waals surface area contributed by atoms with Crippen molar-refractivity contribution in [3.8, 4) is 0 Å². The van der Waals surface area contributed by atoms with Crippen LogP contribution < -0.4 is 0 Å². The molecule has 3 atom stereocenters. The number of nitrogens with one attached hydrogen (secondary N) is 1. The van der Waals surface area contributed by atoms with Crippen molar-refractivity contribution in [2.75, 3.05) is 5.75 Å². The maximum atomic E-state index is 12.7. The van der Waals surface area contributed by atoms with Gasteiger partial charge in [0.15, 0.2) is 5.79 Å². The molecular formula is C16H21N2O4S2Y5-. The predicted octanol–water partition coefficient (Wildman–Crippen LogP) is 3.41. The Morgan fingerprint density at radius 2 is 1.72 bits per heavy atom. The Bertz CT molecular complexity index is 818. The second-order valence-corrected chi connectivity index (χ2v) is 9.62. The van der Waals surface area contributed by atoms with Crippen LogP contribution in [0, 0.1) is 0 Å². The number of hydrogen-bond acceptors (Lipinski definition) is 6. The van der Waals surface area contributed by atoms with Gasteiger partial charge in [0.2, 0.25) is 14.2 Å². The van der Waals surface area contributed by atoms with Gasteiger partial charge in [0.1, 0.15) is 0 Å². The molecule has 13 heteroatoms. The molecule has 1 saturated heterocycles. The van der Waals surface area contributed by atoms with Gasteiger partial charge in [-0.2, -0.15) is 0 Å². The molecule has 0 amide bonds. The molecule has 2 aromatic rings. The van der Waals surface area contributed by atoms with Gasteiger partial charge in [-0.3, -0.25) is 0 Å². The van der Waals surface area contributed by atoms with E-state index in [2.05, 4.69) is 4.98 Å². The normalized spacial score (nSPS) is 20.8. The van der Waals surface area contributed by atoms with E-state index in [0.717, 1.165) is 16.0 Å². The number of hydrogen-bond donors (Lipinski definition) is 0. The predicted molar refractivity (Wildman–Crippen MR) is 93.9 cm³/mol. The zero-order valence-electron chi connectivity index (χ0n) is 16.7. The van der Waals surface area contributed by atoms with Crippen LogP contribution >= 0.6 is 11.3 Å². The van der Waals surface area contributed by atoms with E-state index in [4.69, 9.17) is 15.2 Å². The van der Waals surface area contributed by atoms with Gasteiger partial charge in [-0.1, -0.05) is 25.1 Å². The zero-order valence-corrected chi connectivity index (χ0v) is 32.6. The molecule has 1 fully saturated rings. The first-order chi connectivity index (χ1) is 11.2. The molecule has 0 unspecified atom stereocenters. The molecule has 6 nitrogen and oxygen atoms in total. The van der Waals surface area contributed by atoms with Crippen LogP contribution in [0.4, 0.5) is 0 Å². The SMILES string of the molecule is CC[C@H]1OC(C)(C)O[C@H]1[C@@H]([NH-])CS(=O)(=O)c1nc2ccccc2s1.[Y].[Y].[Y].[Y].[Y]. The van der Waals surface area contributed by atoms with Crippen molar-refractivity contribution >= 4 is 31.4 Å². The molecule has 147 valence electrons. The van der Waals surface area contributed by atoms with Gasteiger partial charge in [-0.25, -0.2) is 13.4 Å². The number of benzene rings is 1. The van der Waals surface area contributed by atoms with Gasteiger partial charge in [0.25, 0.3) is 0 Å². The smallest absolute Gasteiger partial charge is 0.210 e. The van der Waals surface area contributed by atoms with Gasteiger partial charge in [-0.05, 0) is 32.4 Å². The van der Waals surface area contributed by atoms with E-state index < -0.39 is 27.8 Å². The number of ether oxygens (including phenoxy) is 2. The van der Waals surface area contributed by atoms with Crippen LogP contribution in [0.3, 0.4) is 0 Å². The number of aromatic nitrogens is 1. The van der Waals surface area contributed by atoms with Crippen LogP contribution in [0.25, 0.3) is 16.0 Å². The molecule has 0 spiro atoms. The minimum Gasteiger partial charge on any atom is -0.672 e. The minimum atomic E-state index is -3.64. The fraction of sp³-hybridized carbons (Fsp3) is 0.562. The van der Waals surface area contributed by atoms with Gasteiger partial charge >= 0.3 is 0 Å². The monoisotopic (exact) mass is 814 g/mol. The molecule has 1 N–H and O–H groups in total. The summed E-state index contributed by atoms with van der Waals surface area (Å²) < 4.78 is 37.7. The van der Waals surface area contributed by atoms with Gasteiger partial charge in [0, 0.05) is 169 Å². The molecule has 0 saturated carbocycles. The van der Waals surface area contributed by atoms with Crippen LogP contribution in [-0.4, -0.2) is 43.2 Å². The molecule has 0 bridgehead atoms. The molecule has 2 heterocycles. The maximum Gasteiger partial charge on any atom is 0.210 e. The number of para-hydroxylation sites is 1. The Morgan fingerprint density at radius 3 is 2.28 bits per heavy atom. The van der Waals surface area contributed by atoms with Gasteiger partial charge in [0.05, 0.1) is 22.4 Å². The van der Waals surface area contributed by atoms with E-state index >= 15 is 0 Å². The van der Waals surface area contributed by atoms with Crippen molar-refractivity contribution in [3.05, 3.63) is 30.0 Å². The number of nitrogens with zero attached hydrogens (tertiary/aromatic N) is 1. The number of sulfone groups is 1. The Labute approximate surface area is 302 Å². The van der Waals surface area contributed by atoms with Crippen LogP contribution in [-0.2, 0) is 183 Å². The molecular weight excluding hydrogens is 793 g/mol. The summed E-state index contributed by atoms with van der Waals surface area (Å²) in [6, 6.07) is 6.37. The molecule has 0 aliphatic carbocycles. The number of rotatable bonds is 5. The van der Waals surface area contributed by atoms with E-state index in [1.807, 2.05) is 25.1 Å². The van der Waals surface area contributed by atoms with E-state index in [1.54, 1.807) is 19.9 Å². The molecule has 5 radical (unpaired) electrons. The van der Waals surface area contributed by atoms with Gasteiger partial charge < -0.3 is 15.2 Å². The van der Waals surface area contributed by atoms with E-state index in [9.17, 15) is 8.42 Å². The summed E-state index contributed by atoms with van der Waals surface area (Å²) in [6.45, 7) is 5.51. The largest absolute Gasteiger partial charge is 0.672 e. The Kier molecular flexibility index (Phi) is 21.3. The summed E-state index contributed by atoms with van der Waals surface area (Å²) in [5, 5.41) is 0. The first-order valence-electron chi connectivity index (χ1n) is 7.87. The van der Waals surface area contributed by atoms with Crippen molar-refractivity contribution in [2.24, 2.45) is 0 Å². The topological polar surface area (TPSA) is 89.3 Å². The van der Waals surface area contributed by atoms with Crippen molar-refractivity contribution < 1.29 is 181 Å². The fourth-order valence-corrected chi connectivity index (χ4v) is 5.63.